The van der Waals surface area contributed by atoms with Gasteiger partial charge in [0, 0.05) is 25.4 Å². The van der Waals surface area contributed by atoms with E-state index in [1.54, 1.807) is 4.90 Å². The summed E-state index contributed by atoms with van der Waals surface area (Å²) in [5, 5.41) is 0. The number of Topliss-reactive ketones (excluding diaryl/α,β-unsaturated/α-hetero) is 1. The number of carbonyl (C=O) groups excluding carboxylic acids is 2. The second-order valence-corrected chi connectivity index (χ2v) is 3.97. The fourth-order valence-electron chi connectivity index (χ4n) is 1.80. The summed E-state index contributed by atoms with van der Waals surface area (Å²) in [6.07, 6.45) is 0.599. The lowest BCUT2D eigenvalue weighted by atomic mass is 9.92. The van der Waals surface area contributed by atoms with E-state index >= 15 is 0 Å². The molecule has 80 valence electrons. The molecule has 4 nitrogen and oxygen atoms in total. The summed E-state index contributed by atoms with van der Waals surface area (Å²) in [4.78, 5) is 24.3. The molecule has 1 aliphatic rings. The Morgan fingerprint density at radius 1 is 1.57 bits per heavy atom. The van der Waals surface area contributed by atoms with Gasteiger partial charge >= 0.3 is 6.09 Å². The first kappa shape index (κ1) is 11.0. The smallest absolute Gasteiger partial charge is 0.409 e. The SMILES string of the molecule is COC(=O)N1CCC(=O)CC1C(C)C. The Balaban J connectivity index is 2.72. The summed E-state index contributed by atoms with van der Waals surface area (Å²) in [6, 6.07) is 0.00343. The van der Waals surface area contributed by atoms with Crippen LogP contribution in [0.3, 0.4) is 0 Å². The Morgan fingerprint density at radius 2 is 2.21 bits per heavy atom. The molecule has 1 unspecified atom stereocenters. The van der Waals surface area contributed by atoms with Gasteiger partial charge in [-0.15, -0.1) is 0 Å². The van der Waals surface area contributed by atoms with Crippen LogP contribution in [0.2, 0.25) is 0 Å². The summed E-state index contributed by atoms with van der Waals surface area (Å²) >= 11 is 0. The minimum atomic E-state index is -0.323. The molecule has 1 amide bonds. The molecule has 0 radical (unpaired) electrons. The van der Waals surface area contributed by atoms with Crippen molar-refractivity contribution >= 4 is 11.9 Å². The van der Waals surface area contributed by atoms with E-state index in [1.807, 2.05) is 13.8 Å². The van der Waals surface area contributed by atoms with Gasteiger partial charge in [0.15, 0.2) is 0 Å². The first-order valence-corrected chi connectivity index (χ1v) is 4.92. The van der Waals surface area contributed by atoms with Gasteiger partial charge in [0.25, 0.3) is 0 Å². The molecule has 0 aliphatic carbocycles. The van der Waals surface area contributed by atoms with Crippen LogP contribution in [0.1, 0.15) is 26.7 Å². The van der Waals surface area contributed by atoms with Gasteiger partial charge in [0.1, 0.15) is 5.78 Å². The van der Waals surface area contributed by atoms with Crippen LogP contribution in [-0.2, 0) is 9.53 Å². The van der Waals surface area contributed by atoms with Crippen LogP contribution in [0.15, 0.2) is 0 Å². The molecule has 1 rings (SSSR count). The van der Waals surface area contributed by atoms with Gasteiger partial charge in [0.2, 0.25) is 0 Å². The fraction of sp³-hybridized carbons (Fsp3) is 0.800. The van der Waals surface area contributed by atoms with Crippen molar-refractivity contribution in [2.24, 2.45) is 5.92 Å². The number of ketones is 1. The highest BCUT2D eigenvalue weighted by Gasteiger charge is 2.32. The molecule has 1 fully saturated rings. The van der Waals surface area contributed by atoms with Crippen LogP contribution >= 0.6 is 0 Å². The third-order valence-electron chi connectivity index (χ3n) is 2.65. The molecule has 0 bridgehead atoms. The van der Waals surface area contributed by atoms with E-state index in [0.717, 1.165) is 0 Å². The first-order valence-electron chi connectivity index (χ1n) is 4.92. The molecule has 4 heteroatoms. The number of likely N-dealkylation sites (tertiary alicyclic amines) is 1. The number of methoxy groups -OCH3 is 1. The molecular formula is C10H17NO3. The Morgan fingerprint density at radius 3 is 2.71 bits per heavy atom. The molecule has 1 atom stereocenters. The number of hydrogen-bond donors (Lipinski definition) is 0. The largest absolute Gasteiger partial charge is 0.453 e. The van der Waals surface area contributed by atoms with Crippen LogP contribution in [0.5, 0.6) is 0 Å². The lowest BCUT2D eigenvalue weighted by Crippen LogP contribution is -2.48. The van der Waals surface area contributed by atoms with E-state index < -0.39 is 0 Å². The Hall–Kier alpha value is -1.06. The van der Waals surface area contributed by atoms with Crippen molar-refractivity contribution in [1.82, 2.24) is 4.90 Å². The lowest BCUT2D eigenvalue weighted by molar-refractivity contribution is -0.123. The maximum absolute atomic E-state index is 11.4. The van der Waals surface area contributed by atoms with Gasteiger partial charge in [-0.1, -0.05) is 13.8 Å². The predicted molar refractivity (Wildman–Crippen MR) is 52.0 cm³/mol. The standard InChI is InChI=1S/C10H17NO3/c1-7(2)9-6-8(12)4-5-11(9)10(13)14-3/h7,9H,4-6H2,1-3H3. The van der Waals surface area contributed by atoms with E-state index in [4.69, 9.17) is 0 Å². The van der Waals surface area contributed by atoms with Gasteiger partial charge in [-0.05, 0) is 5.92 Å². The normalized spacial score (nSPS) is 22.7. The van der Waals surface area contributed by atoms with Crippen LogP contribution in [-0.4, -0.2) is 36.5 Å². The highest BCUT2D eigenvalue weighted by molar-refractivity contribution is 5.82. The minimum Gasteiger partial charge on any atom is -0.453 e. The highest BCUT2D eigenvalue weighted by atomic mass is 16.5. The van der Waals surface area contributed by atoms with Crippen molar-refractivity contribution in [3.8, 4) is 0 Å². The number of amides is 1. The van der Waals surface area contributed by atoms with Crippen molar-refractivity contribution in [2.75, 3.05) is 13.7 Å². The average molecular weight is 199 g/mol. The number of rotatable bonds is 1. The zero-order valence-corrected chi connectivity index (χ0v) is 8.95. The minimum absolute atomic E-state index is 0.00343. The monoisotopic (exact) mass is 199 g/mol. The van der Waals surface area contributed by atoms with Crippen molar-refractivity contribution < 1.29 is 14.3 Å². The Labute approximate surface area is 84.2 Å². The van der Waals surface area contributed by atoms with Crippen molar-refractivity contribution in [3.63, 3.8) is 0 Å². The number of carbonyl (C=O) groups is 2. The predicted octanol–water partition coefficient (Wildman–Crippen LogP) is 1.44. The second kappa shape index (κ2) is 4.44. The van der Waals surface area contributed by atoms with Crippen molar-refractivity contribution in [3.05, 3.63) is 0 Å². The van der Waals surface area contributed by atoms with Crippen LogP contribution in [0, 0.1) is 5.92 Å². The molecule has 0 aromatic heterocycles. The van der Waals surface area contributed by atoms with Crippen molar-refractivity contribution in [2.45, 2.75) is 32.7 Å². The topological polar surface area (TPSA) is 46.6 Å². The van der Waals surface area contributed by atoms with Gasteiger partial charge < -0.3 is 9.64 Å². The molecule has 0 saturated carbocycles. The average Bonchev–Trinajstić information content (AvgIpc) is 2.16. The van der Waals surface area contributed by atoms with Gasteiger partial charge in [-0.25, -0.2) is 4.79 Å². The van der Waals surface area contributed by atoms with Gasteiger partial charge in [-0.2, -0.15) is 0 Å². The third kappa shape index (κ3) is 2.25. The van der Waals surface area contributed by atoms with E-state index in [2.05, 4.69) is 4.74 Å². The van der Waals surface area contributed by atoms with Crippen LogP contribution in [0.25, 0.3) is 0 Å². The summed E-state index contributed by atoms with van der Waals surface area (Å²) < 4.78 is 4.68. The van der Waals surface area contributed by atoms with Crippen LogP contribution in [0.4, 0.5) is 4.79 Å². The first-order chi connectivity index (χ1) is 6.56. The highest BCUT2D eigenvalue weighted by Crippen LogP contribution is 2.21. The van der Waals surface area contributed by atoms with Gasteiger partial charge in [0.05, 0.1) is 7.11 Å². The third-order valence-corrected chi connectivity index (χ3v) is 2.65. The fourth-order valence-corrected chi connectivity index (χ4v) is 1.80. The molecule has 1 heterocycles. The quantitative estimate of drug-likeness (QED) is 0.642. The van der Waals surface area contributed by atoms with E-state index in [1.165, 1.54) is 7.11 Å². The van der Waals surface area contributed by atoms with Crippen LogP contribution < -0.4 is 0 Å². The molecule has 0 aromatic rings. The van der Waals surface area contributed by atoms with E-state index in [0.29, 0.717) is 25.3 Å². The number of nitrogens with zero attached hydrogens (tertiary/aromatic N) is 1. The second-order valence-electron chi connectivity index (χ2n) is 3.97. The molecule has 0 spiro atoms. The molecule has 0 N–H and O–H groups in total. The number of hydrogen-bond acceptors (Lipinski definition) is 3. The van der Waals surface area contributed by atoms with Crippen molar-refractivity contribution in [1.29, 1.82) is 0 Å². The Kier molecular flexibility index (Phi) is 3.49. The van der Waals surface area contributed by atoms with Gasteiger partial charge in [-0.3, -0.25) is 4.79 Å². The summed E-state index contributed by atoms with van der Waals surface area (Å²) in [5.41, 5.74) is 0. The van der Waals surface area contributed by atoms with E-state index in [9.17, 15) is 9.59 Å². The zero-order chi connectivity index (χ0) is 10.7. The van der Waals surface area contributed by atoms with E-state index in [-0.39, 0.29) is 17.9 Å². The lowest BCUT2D eigenvalue weighted by Gasteiger charge is -2.36. The summed E-state index contributed by atoms with van der Waals surface area (Å²) in [5.74, 6) is 0.530. The molecule has 1 aliphatic heterocycles. The molecule has 14 heavy (non-hydrogen) atoms. The molecule has 1 saturated heterocycles. The molecule has 0 aromatic carbocycles. The Bertz CT molecular complexity index is 238. The number of ether oxygens (including phenoxy) is 1. The summed E-state index contributed by atoms with van der Waals surface area (Å²) in [6.45, 7) is 4.52. The maximum atomic E-state index is 11.4. The molecular weight excluding hydrogens is 182 g/mol. The maximum Gasteiger partial charge on any atom is 0.409 e. The number of piperidine rings is 1. The zero-order valence-electron chi connectivity index (χ0n) is 8.95. The summed E-state index contributed by atoms with van der Waals surface area (Å²) in [7, 11) is 1.37.